The third kappa shape index (κ3) is 4.97. The Hall–Kier alpha value is -3.65. The van der Waals surface area contributed by atoms with Gasteiger partial charge in [-0.1, -0.05) is 18.2 Å². The first-order valence-corrected chi connectivity index (χ1v) is 11.6. The number of aliphatic carboxylic acids is 1. The molecule has 0 radical (unpaired) electrons. The molecule has 2 aromatic heterocycles. The first-order chi connectivity index (χ1) is 16.5. The zero-order chi connectivity index (χ0) is 23.5. The quantitative estimate of drug-likeness (QED) is 0.471. The van der Waals surface area contributed by atoms with Gasteiger partial charge in [-0.2, -0.15) is 0 Å². The van der Waals surface area contributed by atoms with Gasteiger partial charge in [0.25, 0.3) is 0 Å². The van der Waals surface area contributed by atoms with Gasteiger partial charge < -0.3 is 24.8 Å². The predicted molar refractivity (Wildman–Crippen MR) is 128 cm³/mol. The molecule has 8 heteroatoms. The fourth-order valence-electron chi connectivity index (χ4n) is 4.55. The number of carboxylic acid groups (broad SMARTS) is 1. The molecule has 2 unspecified atom stereocenters. The van der Waals surface area contributed by atoms with Gasteiger partial charge in [0.1, 0.15) is 17.7 Å². The van der Waals surface area contributed by atoms with Crippen LogP contribution in [0.1, 0.15) is 52.9 Å². The highest BCUT2D eigenvalue weighted by atomic mass is 16.5. The maximum Gasteiger partial charge on any atom is 0.304 e. The second kappa shape index (κ2) is 9.69. The first kappa shape index (κ1) is 22.2. The molecule has 0 saturated carbocycles. The van der Waals surface area contributed by atoms with E-state index in [1.165, 1.54) is 5.56 Å². The second-order valence-electron chi connectivity index (χ2n) is 8.83. The highest BCUT2D eigenvalue weighted by Crippen LogP contribution is 2.31. The van der Waals surface area contributed by atoms with Gasteiger partial charge in [0.05, 0.1) is 30.7 Å². The van der Waals surface area contributed by atoms with Crippen LogP contribution in [-0.4, -0.2) is 43.9 Å². The van der Waals surface area contributed by atoms with E-state index in [1.807, 2.05) is 41.1 Å². The smallest absolute Gasteiger partial charge is 0.304 e. The Bertz CT molecular complexity index is 1220. The van der Waals surface area contributed by atoms with E-state index in [0.717, 1.165) is 48.5 Å². The number of hydrogen-bond acceptors (Lipinski definition) is 6. The van der Waals surface area contributed by atoms with Crippen LogP contribution in [0.25, 0.3) is 6.08 Å². The van der Waals surface area contributed by atoms with E-state index >= 15 is 0 Å². The summed E-state index contributed by atoms with van der Waals surface area (Å²) in [5.41, 5.74) is 4.55. The Morgan fingerprint density at radius 1 is 1.24 bits per heavy atom. The third-order valence-electron chi connectivity index (χ3n) is 6.37. The van der Waals surface area contributed by atoms with Crippen LogP contribution in [-0.2, 0) is 24.2 Å². The van der Waals surface area contributed by atoms with Gasteiger partial charge >= 0.3 is 5.97 Å². The number of aliphatic hydroxyl groups excluding tert-OH is 1. The number of hydrogen-bond donors (Lipinski definition) is 3. The number of carboxylic acids is 1. The highest BCUT2D eigenvalue weighted by molar-refractivity contribution is 5.68. The Labute approximate surface area is 197 Å². The number of nitrogens with one attached hydrogen (secondary N) is 1. The number of rotatable bonds is 8. The molecule has 0 aliphatic carbocycles. The zero-order valence-corrected chi connectivity index (χ0v) is 18.9. The lowest BCUT2D eigenvalue weighted by molar-refractivity contribution is -0.137. The molecule has 3 N–H and O–H groups in total. The molecule has 3 aromatic rings. The second-order valence-corrected chi connectivity index (χ2v) is 8.83. The van der Waals surface area contributed by atoms with E-state index in [9.17, 15) is 15.0 Å². The molecule has 8 nitrogen and oxygen atoms in total. The average Bonchev–Trinajstić information content (AvgIpc) is 3.50. The first-order valence-electron chi connectivity index (χ1n) is 11.6. The van der Waals surface area contributed by atoms with Gasteiger partial charge in [0, 0.05) is 31.6 Å². The number of nitrogens with zero attached hydrogens (tertiary/aromatic N) is 3. The minimum atomic E-state index is -0.846. The van der Waals surface area contributed by atoms with E-state index in [0.29, 0.717) is 24.5 Å². The zero-order valence-electron chi connectivity index (χ0n) is 18.9. The number of aryl methyl sites for hydroxylation is 1. The van der Waals surface area contributed by atoms with Crippen molar-refractivity contribution in [3.63, 3.8) is 0 Å². The third-order valence-corrected chi connectivity index (χ3v) is 6.37. The molecule has 0 spiro atoms. The van der Waals surface area contributed by atoms with Crippen LogP contribution in [0.5, 0.6) is 5.75 Å². The van der Waals surface area contributed by atoms with Crippen LogP contribution >= 0.6 is 0 Å². The molecule has 0 amide bonds. The lowest BCUT2D eigenvalue weighted by Gasteiger charge is -2.18. The fraction of sp³-hybridized carbons (Fsp3) is 0.346. The van der Waals surface area contributed by atoms with Crippen LogP contribution < -0.4 is 10.1 Å². The number of anilines is 1. The molecule has 2 atom stereocenters. The van der Waals surface area contributed by atoms with Crippen molar-refractivity contribution in [3.05, 3.63) is 77.0 Å². The van der Waals surface area contributed by atoms with Crippen molar-refractivity contribution in [1.82, 2.24) is 14.5 Å². The normalized spacial score (nSPS) is 16.4. The molecular formula is C26H28N4O4. The lowest BCUT2D eigenvalue weighted by Crippen LogP contribution is -2.14. The minimum Gasteiger partial charge on any atom is -0.493 e. The largest absolute Gasteiger partial charge is 0.493 e. The number of fused-ring (bicyclic) bond motifs is 2. The summed E-state index contributed by atoms with van der Waals surface area (Å²) in [7, 11) is 0. The molecule has 5 rings (SSSR count). The summed E-state index contributed by atoms with van der Waals surface area (Å²) in [5.74, 6) is 0.640. The average molecular weight is 461 g/mol. The molecule has 2 aliphatic heterocycles. The summed E-state index contributed by atoms with van der Waals surface area (Å²) in [4.78, 5) is 20.5. The van der Waals surface area contributed by atoms with Gasteiger partial charge in [-0.15, -0.1) is 0 Å². The summed E-state index contributed by atoms with van der Waals surface area (Å²) < 4.78 is 7.55. The molecule has 176 valence electrons. The Balaban J connectivity index is 1.27. The minimum absolute atomic E-state index is 0.0128. The molecular weight excluding hydrogens is 432 g/mol. The number of aromatic nitrogens is 3. The van der Waals surface area contributed by atoms with Crippen LogP contribution in [0.4, 0.5) is 5.82 Å². The Morgan fingerprint density at radius 3 is 3.00 bits per heavy atom. The standard InChI is InChI=1S/C26H28N4O4/c31-23(22-7-5-18-2-1-10-27-26(18)29-22)8-6-21-15-30(16-28-21)14-20(13-25(32)33)19-4-3-17-9-11-34-24(17)12-19/h3-8,12,15-16,20,23,31H,1-2,9-11,13-14H2,(H,27,29)(H,32,33). The van der Waals surface area contributed by atoms with Crippen LogP contribution in [0.15, 0.2) is 48.9 Å². The van der Waals surface area contributed by atoms with E-state index in [-0.39, 0.29) is 12.3 Å². The topological polar surface area (TPSA) is 110 Å². The lowest BCUT2D eigenvalue weighted by atomic mass is 9.94. The van der Waals surface area contributed by atoms with Crippen molar-refractivity contribution in [2.45, 2.75) is 44.2 Å². The SMILES string of the molecule is O=C(O)CC(Cn1cnc(C=CC(O)c2ccc3c(n2)NCCC3)c1)c1ccc2c(c1)OCC2. The van der Waals surface area contributed by atoms with Crippen molar-refractivity contribution in [2.75, 3.05) is 18.5 Å². The molecule has 4 heterocycles. The molecule has 0 fully saturated rings. The van der Waals surface area contributed by atoms with E-state index in [2.05, 4.69) is 15.3 Å². The number of carbonyl (C=O) groups is 1. The van der Waals surface area contributed by atoms with Crippen molar-refractivity contribution >= 4 is 17.9 Å². The van der Waals surface area contributed by atoms with Crippen molar-refractivity contribution in [3.8, 4) is 5.75 Å². The monoisotopic (exact) mass is 460 g/mol. The van der Waals surface area contributed by atoms with Crippen LogP contribution in [0, 0.1) is 0 Å². The molecule has 1 aromatic carbocycles. The molecule has 0 bridgehead atoms. The molecule has 0 saturated heterocycles. The number of benzene rings is 1. The summed E-state index contributed by atoms with van der Waals surface area (Å²) in [6, 6.07) is 9.86. The van der Waals surface area contributed by atoms with E-state index < -0.39 is 12.1 Å². The van der Waals surface area contributed by atoms with Gasteiger partial charge in [-0.25, -0.2) is 9.97 Å². The van der Waals surface area contributed by atoms with Gasteiger partial charge in [0.2, 0.25) is 0 Å². The van der Waals surface area contributed by atoms with Gasteiger partial charge in [0.15, 0.2) is 0 Å². The number of pyridine rings is 1. The number of imidazole rings is 1. The summed E-state index contributed by atoms with van der Waals surface area (Å²) in [6.07, 6.45) is 9.11. The molecule has 2 aliphatic rings. The van der Waals surface area contributed by atoms with Gasteiger partial charge in [-0.05, 0) is 53.8 Å². The number of ether oxygens (including phenoxy) is 1. The molecule has 34 heavy (non-hydrogen) atoms. The maximum absolute atomic E-state index is 11.5. The van der Waals surface area contributed by atoms with E-state index in [4.69, 9.17) is 4.74 Å². The Kier molecular flexibility index (Phi) is 6.31. The van der Waals surface area contributed by atoms with Crippen molar-refractivity contribution < 1.29 is 19.7 Å². The Morgan fingerprint density at radius 2 is 2.12 bits per heavy atom. The predicted octanol–water partition coefficient (Wildman–Crippen LogP) is 3.58. The fourth-order valence-corrected chi connectivity index (χ4v) is 4.55. The van der Waals surface area contributed by atoms with Crippen LogP contribution in [0.2, 0.25) is 0 Å². The van der Waals surface area contributed by atoms with Crippen molar-refractivity contribution in [2.24, 2.45) is 0 Å². The van der Waals surface area contributed by atoms with Gasteiger partial charge in [-0.3, -0.25) is 4.79 Å². The summed E-state index contributed by atoms with van der Waals surface area (Å²) in [5, 5.41) is 23.3. The van der Waals surface area contributed by atoms with E-state index in [1.54, 1.807) is 18.5 Å². The summed E-state index contributed by atoms with van der Waals surface area (Å²) >= 11 is 0. The highest BCUT2D eigenvalue weighted by Gasteiger charge is 2.20. The van der Waals surface area contributed by atoms with Crippen molar-refractivity contribution in [1.29, 1.82) is 0 Å². The maximum atomic E-state index is 11.5. The summed E-state index contributed by atoms with van der Waals surface area (Å²) in [6.45, 7) is 2.05. The van der Waals surface area contributed by atoms with Crippen LogP contribution in [0.3, 0.4) is 0 Å². The number of aliphatic hydroxyl groups is 1.